The zero-order valence-electron chi connectivity index (χ0n) is 18.6. The Morgan fingerprint density at radius 2 is 1.71 bits per heavy atom. The van der Waals surface area contributed by atoms with E-state index >= 15 is 0 Å². The highest BCUT2D eigenvalue weighted by molar-refractivity contribution is 7.92. The largest absolute Gasteiger partial charge is 0.497 e. The van der Waals surface area contributed by atoms with Gasteiger partial charge in [0.15, 0.2) is 0 Å². The van der Waals surface area contributed by atoms with Gasteiger partial charge in [-0.2, -0.15) is 0 Å². The third-order valence-electron chi connectivity index (χ3n) is 5.34. The van der Waals surface area contributed by atoms with E-state index in [1.807, 2.05) is 0 Å². The molecule has 0 aromatic heterocycles. The van der Waals surface area contributed by atoms with Crippen molar-refractivity contribution in [2.75, 3.05) is 41.8 Å². The first-order chi connectivity index (χ1) is 16.3. The molecule has 1 aliphatic rings. The Balaban J connectivity index is 1.79. The number of hydrogen-bond donors (Lipinski definition) is 1. The van der Waals surface area contributed by atoms with Crippen LogP contribution in [0, 0.1) is 0 Å². The number of amides is 2. The van der Waals surface area contributed by atoms with Gasteiger partial charge in [-0.05, 0) is 36.4 Å². The summed E-state index contributed by atoms with van der Waals surface area (Å²) < 4.78 is 39.0. The number of rotatable bonds is 7. The molecule has 9 nitrogen and oxygen atoms in total. The van der Waals surface area contributed by atoms with Gasteiger partial charge in [-0.15, -0.1) is 0 Å². The Labute approximate surface area is 197 Å². The van der Waals surface area contributed by atoms with Crippen LogP contribution in [0.5, 0.6) is 11.5 Å². The summed E-state index contributed by atoms with van der Waals surface area (Å²) in [7, 11) is -1.28. The van der Waals surface area contributed by atoms with Crippen molar-refractivity contribution < 1.29 is 27.5 Å². The average Bonchev–Trinajstić information content (AvgIpc) is 2.86. The second kappa shape index (κ2) is 9.44. The third-order valence-corrected chi connectivity index (χ3v) is 7.11. The lowest BCUT2D eigenvalue weighted by Crippen LogP contribution is -2.48. The van der Waals surface area contributed by atoms with Gasteiger partial charge in [0.05, 0.1) is 36.2 Å². The van der Waals surface area contributed by atoms with Crippen molar-refractivity contribution >= 4 is 38.9 Å². The predicted molar refractivity (Wildman–Crippen MR) is 128 cm³/mol. The maximum Gasteiger partial charge on any atom is 0.264 e. The van der Waals surface area contributed by atoms with Gasteiger partial charge in [0, 0.05) is 6.07 Å². The van der Waals surface area contributed by atoms with Gasteiger partial charge < -0.3 is 14.8 Å². The number of nitrogens with one attached hydrogen (secondary N) is 1. The fourth-order valence-corrected chi connectivity index (χ4v) is 5.12. The second-order valence-electron chi connectivity index (χ2n) is 7.41. The van der Waals surface area contributed by atoms with Crippen molar-refractivity contribution in [3.05, 3.63) is 72.8 Å². The van der Waals surface area contributed by atoms with Gasteiger partial charge in [0.25, 0.3) is 10.0 Å². The standard InChI is InChI=1S/C24H23N3O6S/c1-32-17-12-13-21(22(14-17)33-2)27(34(30,31)18-8-4-3-5-9-18)16-24(29)26-15-23(28)25-19-10-6-7-11-20(19)26/h3-14H,15-16H2,1-2H3,(H,25,28). The smallest absolute Gasteiger partial charge is 0.264 e. The zero-order valence-corrected chi connectivity index (χ0v) is 19.4. The number of benzene rings is 3. The van der Waals surface area contributed by atoms with Crippen molar-refractivity contribution in [2.45, 2.75) is 4.90 Å². The van der Waals surface area contributed by atoms with E-state index in [-0.39, 0.29) is 28.8 Å². The van der Waals surface area contributed by atoms with Gasteiger partial charge in [-0.3, -0.25) is 18.8 Å². The molecule has 4 rings (SSSR count). The number of nitrogens with zero attached hydrogens (tertiary/aromatic N) is 2. The summed E-state index contributed by atoms with van der Waals surface area (Å²) in [5.74, 6) is -0.264. The van der Waals surface area contributed by atoms with Gasteiger partial charge in [0.1, 0.15) is 24.6 Å². The van der Waals surface area contributed by atoms with Crippen molar-refractivity contribution in [2.24, 2.45) is 0 Å². The first-order valence-corrected chi connectivity index (χ1v) is 11.8. The Bertz CT molecular complexity index is 1330. The minimum Gasteiger partial charge on any atom is -0.497 e. The van der Waals surface area contributed by atoms with E-state index in [0.29, 0.717) is 17.1 Å². The Morgan fingerprint density at radius 3 is 2.41 bits per heavy atom. The van der Waals surface area contributed by atoms with E-state index < -0.39 is 22.5 Å². The van der Waals surface area contributed by atoms with Crippen LogP contribution in [0.2, 0.25) is 0 Å². The fraction of sp³-hybridized carbons (Fsp3) is 0.167. The number of para-hydroxylation sites is 2. The second-order valence-corrected chi connectivity index (χ2v) is 9.27. The molecule has 0 fully saturated rings. The summed E-state index contributed by atoms with van der Waals surface area (Å²) in [4.78, 5) is 27.0. The molecule has 0 radical (unpaired) electrons. The summed E-state index contributed by atoms with van der Waals surface area (Å²) >= 11 is 0. The van der Waals surface area contributed by atoms with Crippen LogP contribution in [-0.2, 0) is 19.6 Å². The highest BCUT2D eigenvalue weighted by Crippen LogP contribution is 2.36. The molecule has 1 N–H and O–H groups in total. The Kier molecular flexibility index (Phi) is 6.42. The molecule has 10 heteroatoms. The summed E-state index contributed by atoms with van der Waals surface area (Å²) in [5, 5.41) is 2.72. The number of fused-ring (bicyclic) bond motifs is 1. The quantitative estimate of drug-likeness (QED) is 0.556. The number of methoxy groups -OCH3 is 2. The number of carbonyl (C=O) groups is 2. The molecule has 0 saturated carbocycles. The van der Waals surface area contributed by atoms with Gasteiger partial charge in [-0.1, -0.05) is 30.3 Å². The van der Waals surface area contributed by atoms with Gasteiger partial charge in [0.2, 0.25) is 11.8 Å². The van der Waals surface area contributed by atoms with Crippen LogP contribution in [0.4, 0.5) is 17.1 Å². The van der Waals surface area contributed by atoms with E-state index in [1.165, 1.54) is 43.4 Å². The van der Waals surface area contributed by atoms with Crippen LogP contribution < -0.4 is 24.0 Å². The maximum atomic E-state index is 13.7. The summed E-state index contributed by atoms with van der Waals surface area (Å²) in [6.07, 6.45) is 0. The zero-order chi connectivity index (χ0) is 24.3. The molecule has 34 heavy (non-hydrogen) atoms. The summed E-state index contributed by atoms with van der Waals surface area (Å²) in [5.41, 5.74) is 1.13. The number of ether oxygens (including phenoxy) is 2. The fourth-order valence-electron chi connectivity index (χ4n) is 3.67. The molecule has 1 aliphatic heterocycles. The molecule has 0 aliphatic carbocycles. The number of hydrogen-bond acceptors (Lipinski definition) is 6. The van der Waals surface area contributed by atoms with Crippen LogP contribution in [-0.4, -0.2) is 47.5 Å². The minimum absolute atomic E-state index is 0.0115. The highest BCUT2D eigenvalue weighted by Gasteiger charge is 2.33. The summed E-state index contributed by atoms with van der Waals surface area (Å²) in [6.45, 7) is -0.781. The molecule has 0 bridgehead atoms. The number of carbonyl (C=O) groups excluding carboxylic acids is 2. The molecule has 1 heterocycles. The highest BCUT2D eigenvalue weighted by atomic mass is 32.2. The monoisotopic (exact) mass is 481 g/mol. The minimum atomic E-state index is -4.17. The van der Waals surface area contributed by atoms with Crippen molar-refractivity contribution in [1.82, 2.24) is 0 Å². The van der Waals surface area contributed by atoms with E-state index in [2.05, 4.69) is 5.32 Å². The molecular formula is C24H23N3O6S. The lowest BCUT2D eigenvalue weighted by Gasteiger charge is -2.32. The van der Waals surface area contributed by atoms with E-state index in [1.54, 1.807) is 48.5 Å². The molecule has 3 aromatic carbocycles. The Morgan fingerprint density at radius 1 is 1.00 bits per heavy atom. The first kappa shape index (κ1) is 23.1. The number of sulfonamides is 1. The molecule has 0 spiro atoms. The van der Waals surface area contributed by atoms with Crippen LogP contribution >= 0.6 is 0 Å². The first-order valence-electron chi connectivity index (χ1n) is 10.3. The molecule has 0 saturated heterocycles. The molecular weight excluding hydrogens is 458 g/mol. The molecule has 3 aromatic rings. The number of anilines is 3. The van der Waals surface area contributed by atoms with E-state index in [0.717, 1.165) is 4.31 Å². The molecule has 0 atom stereocenters. The molecule has 0 unspecified atom stereocenters. The van der Waals surface area contributed by atoms with E-state index in [4.69, 9.17) is 9.47 Å². The van der Waals surface area contributed by atoms with Crippen molar-refractivity contribution in [3.8, 4) is 11.5 Å². The lowest BCUT2D eigenvalue weighted by molar-refractivity contribution is -0.121. The predicted octanol–water partition coefficient (Wildman–Crippen LogP) is 2.88. The summed E-state index contributed by atoms with van der Waals surface area (Å²) in [6, 6.07) is 19.3. The third kappa shape index (κ3) is 4.40. The van der Waals surface area contributed by atoms with Crippen LogP contribution in [0.15, 0.2) is 77.7 Å². The van der Waals surface area contributed by atoms with Gasteiger partial charge in [-0.25, -0.2) is 8.42 Å². The van der Waals surface area contributed by atoms with Crippen LogP contribution in [0.1, 0.15) is 0 Å². The normalized spacial score (nSPS) is 13.0. The maximum absolute atomic E-state index is 13.7. The molecule has 176 valence electrons. The van der Waals surface area contributed by atoms with Crippen LogP contribution in [0.25, 0.3) is 0 Å². The average molecular weight is 482 g/mol. The van der Waals surface area contributed by atoms with Gasteiger partial charge >= 0.3 is 0 Å². The van der Waals surface area contributed by atoms with Crippen LogP contribution in [0.3, 0.4) is 0 Å². The topological polar surface area (TPSA) is 105 Å². The van der Waals surface area contributed by atoms with Crippen molar-refractivity contribution in [1.29, 1.82) is 0 Å². The van der Waals surface area contributed by atoms with Crippen molar-refractivity contribution in [3.63, 3.8) is 0 Å². The Hall–Kier alpha value is -4.05. The molecule has 2 amide bonds. The SMILES string of the molecule is COc1ccc(N(CC(=O)N2CC(=O)Nc3ccccc32)S(=O)(=O)c2ccccc2)c(OC)c1. The lowest BCUT2D eigenvalue weighted by atomic mass is 10.2. The van der Waals surface area contributed by atoms with E-state index in [9.17, 15) is 18.0 Å².